The monoisotopic (exact) mass is 584 g/mol. The van der Waals surface area contributed by atoms with E-state index < -0.39 is 21.2 Å². The maximum absolute atomic E-state index is 12.6. The Morgan fingerprint density at radius 3 is 1.48 bits per heavy atom. The van der Waals surface area contributed by atoms with Gasteiger partial charge in [-0.15, -0.1) is 0 Å². The first kappa shape index (κ1) is 28.5. The largest absolute Gasteiger partial charge is 0.319 e. The average Bonchev–Trinajstić information content (AvgIpc) is 2.91. The van der Waals surface area contributed by atoms with Crippen LogP contribution in [0.4, 0.5) is 0 Å². The van der Waals surface area contributed by atoms with Gasteiger partial charge in [-0.2, -0.15) is 0 Å². The highest BCUT2D eigenvalue weighted by atomic mass is 31.2. The molecule has 0 fully saturated rings. The van der Waals surface area contributed by atoms with E-state index in [1.807, 2.05) is 48.5 Å². The molecule has 5 aromatic rings. The molecule has 0 aliphatic rings. The Labute approximate surface area is 237 Å². The Hall–Kier alpha value is -3.02. The molecule has 1 heterocycles. The van der Waals surface area contributed by atoms with E-state index in [1.54, 1.807) is 26.7 Å². The van der Waals surface area contributed by atoms with Crippen LogP contribution in [0.5, 0.6) is 0 Å². The Morgan fingerprint density at radius 2 is 0.975 bits per heavy atom. The second kappa shape index (κ2) is 10.4. The van der Waals surface area contributed by atoms with E-state index in [2.05, 4.69) is 62.1 Å². The quantitative estimate of drug-likeness (QED) is 0.195. The third-order valence-corrected chi connectivity index (χ3v) is 11.9. The summed E-state index contributed by atoms with van der Waals surface area (Å²) in [7, 11) is -4.68. The molecule has 4 aromatic carbocycles. The molecule has 0 spiro atoms. The van der Waals surface area contributed by atoms with Crippen molar-refractivity contribution in [1.29, 1.82) is 0 Å². The standard InChI is InChI=1S/C33H35N2O2P3/c1-38(2,3)27-15-12-25(13-16-27)33-34-31-22-26(23-8-17-28(18-9-23)39(4,5)36)14-21-30(31)32(35-33)24-10-19-29(20-11-24)40(6,7)37/h8-22H,1H2,2-7H3. The molecule has 0 N–H and O–H groups in total. The number of nitrogens with zero attached hydrogens (tertiary/aromatic N) is 2. The Morgan fingerprint density at radius 1 is 0.525 bits per heavy atom. The van der Waals surface area contributed by atoms with E-state index >= 15 is 0 Å². The van der Waals surface area contributed by atoms with Crippen molar-refractivity contribution in [2.45, 2.75) is 0 Å². The third-order valence-electron chi connectivity index (χ3n) is 7.11. The minimum absolute atomic E-state index is 0.653. The highest BCUT2D eigenvalue weighted by molar-refractivity contribution is 7.79. The lowest BCUT2D eigenvalue weighted by Crippen LogP contribution is -2.04. The molecule has 1 aromatic heterocycles. The van der Waals surface area contributed by atoms with Crippen LogP contribution in [0, 0.1) is 0 Å². The highest BCUT2D eigenvalue weighted by Crippen LogP contribution is 2.38. The molecule has 0 amide bonds. The van der Waals surface area contributed by atoms with Crippen molar-refractivity contribution >= 4 is 54.3 Å². The van der Waals surface area contributed by atoms with Crippen LogP contribution in [-0.4, -0.2) is 56.3 Å². The van der Waals surface area contributed by atoms with Gasteiger partial charge in [0.2, 0.25) is 0 Å². The first-order valence-corrected chi connectivity index (χ1v) is 21.2. The van der Waals surface area contributed by atoms with Crippen LogP contribution in [0.25, 0.3) is 44.7 Å². The van der Waals surface area contributed by atoms with Crippen molar-refractivity contribution in [2.24, 2.45) is 0 Å². The third kappa shape index (κ3) is 6.01. The van der Waals surface area contributed by atoms with Gasteiger partial charge in [-0.25, -0.2) is 9.97 Å². The molecule has 0 radical (unpaired) electrons. The van der Waals surface area contributed by atoms with E-state index in [0.717, 1.165) is 49.5 Å². The van der Waals surface area contributed by atoms with Crippen LogP contribution in [0.2, 0.25) is 0 Å². The molecule has 0 aliphatic carbocycles. The number of hydrogen-bond donors (Lipinski definition) is 0. The molecule has 0 atom stereocenters. The minimum Gasteiger partial charge on any atom is -0.319 e. The maximum atomic E-state index is 12.6. The molecular formula is C33H35N2O2P3. The minimum atomic E-state index is -2.36. The van der Waals surface area contributed by atoms with Crippen molar-refractivity contribution in [1.82, 2.24) is 9.97 Å². The normalized spacial score (nSPS) is 12.6. The first-order valence-electron chi connectivity index (χ1n) is 13.1. The molecule has 0 saturated carbocycles. The molecule has 7 heteroatoms. The Bertz CT molecular complexity index is 1850. The topological polar surface area (TPSA) is 59.9 Å². The number of aromatic nitrogens is 2. The van der Waals surface area contributed by atoms with E-state index in [4.69, 9.17) is 9.97 Å². The van der Waals surface area contributed by atoms with Gasteiger partial charge >= 0.3 is 0 Å². The zero-order valence-corrected chi connectivity index (χ0v) is 26.6. The lowest BCUT2D eigenvalue weighted by molar-refractivity contribution is 0.587. The van der Waals surface area contributed by atoms with Crippen LogP contribution < -0.4 is 15.9 Å². The summed E-state index contributed by atoms with van der Waals surface area (Å²) in [6.45, 7) is 10.2. The fourth-order valence-electron chi connectivity index (χ4n) is 4.66. The van der Waals surface area contributed by atoms with Gasteiger partial charge < -0.3 is 9.13 Å². The number of hydrogen-bond acceptors (Lipinski definition) is 4. The fourth-order valence-corrected chi connectivity index (χ4v) is 7.35. The predicted octanol–water partition coefficient (Wildman–Crippen LogP) is 7.46. The van der Waals surface area contributed by atoms with Crippen molar-refractivity contribution in [3.8, 4) is 33.8 Å². The second-order valence-corrected chi connectivity index (χ2v) is 22.0. The van der Waals surface area contributed by atoms with Crippen molar-refractivity contribution < 1.29 is 9.13 Å². The van der Waals surface area contributed by atoms with Gasteiger partial charge in [0.25, 0.3) is 0 Å². The summed E-state index contributed by atoms with van der Waals surface area (Å²) in [6, 6.07) is 30.5. The van der Waals surface area contributed by atoms with Crippen LogP contribution in [0.15, 0.2) is 91.0 Å². The summed E-state index contributed by atoms with van der Waals surface area (Å²) in [5.41, 5.74) is 5.64. The summed E-state index contributed by atoms with van der Waals surface area (Å²) >= 11 is 0. The molecule has 0 unspecified atom stereocenters. The van der Waals surface area contributed by atoms with E-state index in [0.29, 0.717) is 5.82 Å². The SMILES string of the molecule is C=P(C)(C)c1ccc(-c2nc(-c3ccc(P(C)(C)=O)cc3)c3ccc(-c4ccc(P(C)(C)=O)cc4)cc3n2)cc1. The lowest BCUT2D eigenvalue weighted by Gasteiger charge is -2.15. The highest BCUT2D eigenvalue weighted by Gasteiger charge is 2.16. The maximum Gasteiger partial charge on any atom is 0.160 e. The summed E-state index contributed by atoms with van der Waals surface area (Å²) < 4.78 is 25.1. The summed E-state index contributed by atoms with van der Waals surface area (Å²) in [6.07, 6.45) is 4.36. The number of rotatable bonds is 6. The second-order valence-electron chi connectivity index (χ2n) is 11.7. The van der Waals surface area contributed by atoms with Crippen molar-refractivity contribution in [3.63, 3.8) is 0 Å². The fraction of sp³-hybridized carbons (Fsp3) is 0.182. The van der Waals surface area contributed by atoms with Gasteiger partial charge in [-0.3, -0.25) is 0 Å². The molecule has 0 aliphatic heterocycles. The molecule has 40 heavy (non-hydrogen) atoms. The van der Waals surface area contributed by atoms with E-state index in [1.165, 1.54) is 5.30 Å². The predicted molar refractivity (Wildman–Crippen MR) is 180 cm³/mol. The Kier molecular flexibility index (Phi) is 7.43. The zero-order chi connectivity index (χ0) is 28.9. The smallest absolute Gasteiger partial charge is 0.160 e. The van der Waals surface area contributed by atoms with Gasteiger partial charge in [0.15, 0.2) is 5.82 Å². The molecule has 0 bridgehead atoms. The summed E-state index contributed by atoms with van der Waals surface area (Å²) in [5, 5.41) is 3.92. The van der Waals surface area contributed by atoms with Gasteiger partial charge in [-0.1, -0.05) is 92.0 Å². The zero-order valence-electron chi connectivity index (χ0n) is 23.9. The average molecular weight is 585 g/mol. The molecule has 204 valence electrons. The summed E-state index contributed by atoms with van der Waals surface area (Å²) in [5.74, 6) is 0.653. The molecule has 0 saturated heterocycles. The van der Waals surface area contributed by atoms with Gasteiger partial charge in [0, 0.05) is 27.1 Å². The van der Waals surface area contributed by atoms with Crippen molar-refractivity contribution in [3.05, 3.63) is 91.0 Å². The Balaban J connectivity index is 1.67. The van der Waals surface area contributed by atoms with Crippen LogP contribution >= 0.6 is 21.2 Å². The van der Waals surface area contributed by atoms with Crippen molar-refractivity contribution in [2.75, 3.05) is 40.0 Å². The number of benzene rings is 4. The lowest BCUT2D eigenvalue weighted by atomic mass is 10.0. The summed E-state index contributed by atoms with van der Waals surface area (Å²) in [4.78, 5) is 10.1. The van der Waals surface area contributed by atoms with Crippen LogP contribution in [-0.2, 0) is 9.13 Å². The van der Waals surface area contributed by atoms with E-state index in [9.17, 15) is 9.13 Å². The van der Waals surface area contributed by atoms with Gasteiger partial charge in [-0.05, 0) is 68.6 Å². The van der Waals surface area contributed by atoms with E-state index in [-0.39, 0.29) is 0 Å². The first-order chi connectivity index (χ1) is 18.7. The molecular weight excluding hydrogens is 549 g/mol. The molecule has 4 nitrogen and oxygen atoms in total. The van der Waals surface area contributed by atoms with Crippen LogP contribution in [0.3, 0.4) is 0 Å². The van der Waals surface area contributed by atoms with Gasteiger partial charge in [0.05, 0.1) is 11.2 Å². The molecule has 5 rings (SSSR count). The number of fused-ring (bicyclic) bond motifs is 1. The van der Waals surface area contributed by atoms with Crippen LogP contribution in [0.1, 0.15) is 0 Å². The van der Waals surface area contributed by atoms with Gasteiger partial charge in [0.1, 0.15) is 14.3 Å².